The summed E-state index contributed by atoms with van der Waals surface area (Å²) in [7, 11) is 0. The molecule has 1 aliphatic rings. The Kier molecular flexibility index (Phi) is 3.14. The fourth-order valence-electron chi connectivity index (χ4n) is 1.94. The molecule has 1 aliphatic heterocycles. The second-order valence-electron chi connectivity index (χ2n) is 4.05. The molecule has 2 aromatic rings. The van der Waals surface area contributed by atoms with Gasteiger partial charge in [0.1, 0.15) is 11.5 Å². The number of hydrogen-bond acceptors (Lipinski definition) is 5. The highest BCUT2D eigenvalue weighted by Gasteiger charge is 2.13. The van der Waals surface area contributed by atoms with Crippen molar-refractivity contribution in [3.8, 4) is 11.5 Å². The molecule has 0 bridgehead atoms. The molecule has 3 heterocycles. The first-order chi connectivity index (χ1) is 8.93. The Morgan fingerprint density at radius 3 is 2.67 bits per heavy atom. The molecule has 0 atom stereocenters. The smallest absolute Gasteiger partial charge is 0.180 e. The van der Waals surface area contributed by atoms with E-state index in [-0.39, 0.29) is 0 Å². The molecule has 0 unspecified atom stereocenters. The van der Waals surface area contributed by atoms with Crippen LogP contribution in [-0.2, 0) is 4.74 Å². The van der Waals surface area contributed by atoms with Crippen LogP contribution in [0.1, 0.15) is 0 Å². The lowest BCUT2D eigenvalue weighted by Gasteiger charge is -2.27. The molecular formula is C13H14N4O. The molecule has 1 saturated heterocycles. The topological polar surface area (TPSA) is 51.1 Å². The molecule has 5 heteroatoms. The predicted octanol–water partition coefficient (Wildman–Crippen LogP) is 1.38. The minimum atomic E-state index is 0.666. The van der Waals surface area contributed by atoms with Gasteiger partial charge in [0.2, 0.25) is 0 Å². The lowest BCUT2D eigenvalue weighted by molar-refractivity contribution is 0.122. The number of nitrogens with zero attached hydrogens (tertiary/aromatic N) is 4. The SMILES string of the molecule is c1ccc(-c2nccc(N3CCOCC3)n2)nc1. The predicted molar refractivity (Wildman–Crippen MR) is 68.3 cm³/mol. The van der Waals surface area contributed by atoms with Crippen molar-refractivity contribution >= 4 is 5.82 Å². The highest BCUT2D eigenvalue weighted by molar-refractivity contribution is 5.52. The van der Waals surface area contributed by atoms with Crippen molar-refractivity contribution in [2.24, 2.45) is 0 Å². The Morgan fingerprint density at radius 2 is 1.89 bits per heavy atom. The van der Waals surface area contributed by atoms with Crippen LogP contribution in [-0.4, -0.2) is 41.3 Å². The normalized spacial score (nSPS) is 15.7. The fourth-order valence-corrected chi connectivity index (χ4v) is 1.94. The molecule has 3 rings (SSSR count). The lowest BCUT2D eigenvalue weighted by atomic mass is 10.3. The van der Waals surface area contributed by atoms with Crippen LogP contribution in [0, 0.1) is 0 Å². The first-order valence-corrected chi connectivity index (χ1v) is 6.00. The number of morpholine rings is 1. The van der Waals surface area contributed by atoms with Gasteiger partial charge in [-0.2, -0.15) is 0 Å². The first kappa shape index (κ1) is 11.1. The van der Waals surface area contributed by atoms with Crippen LogP contribution < -0.4 is 4.90 Å². The number of pyridine rings is 1. The molecule has 0 spiro atoms. The number of ether oxygens (including phenoxy) is 1. The van der Waals surface area contributed by atoms with Gasteiger partial charge in [-0.25, -0.2) is 9.97 Å². The number of anilines is 1. The van der Waals surface area contributed by atoms with E-state index >= 15 is 0 Å². The zero-order valence-corrected chi connectivity index (χ0v) is 9.99. The zero-order valence-electron chi connectivity index (χ0n) is 9.99. The van der Waals surface area contributed by atoms with Crippen LogP contribution in [0.2, 0.25) is 0 Å². The zero-order chi connectivity index (χ0) is 12.2. The van der Waals surface area contributed by atoms with Gasteiger partial charge in [-0.05, 0) is 18.2 Å². The number of hydrogen-bond donors (Lipinski definition) is 0. The molecule has 92 valence electrons. The molecular weight excluding hydrogens is 228 g/mol. The summed E-state index contributed by atoms with van der Waals surface area (Å²) >= 11 is 0. The minimum absolute atomic E-state index is 0.666. The van der Waals surface area contributed by atoms with Crippen LogP contribution in [0.25, 0.3) is 11.5 Å². The van der Waals surface area contributed by atoms with Crippen LogP contribution in [0.5, 0.6) is 0 Å². The quantitative estimate of drug-likeness (QED) is 0.796. The van der Waals surface area contributed by atoms with Crippen molar-refractivity contribution in [3.05, 3.63) is 36.7 Å². The average Bonchev–Trinajstić information content (AvgIpc) is 2.49. The third-order valence-corrected chi connectivity index (χ3v) is 2.87. The van der Waals surface area contributed by atoms with E-state index in [0.29, 0.717) is 5.82 Å². The molecule has 0 saturated carbocycles. The van der Waals surface area contributed by atoms with E-state index in [1.165, 1.54) is 0 Å². The Bertz CT molecular complexity index is 511. The van der Waals surface area contributed by atoms with E-state index in [4.69, 9.17) is 4.74 Å². The molecule has 0 amide bonds. The van der Waals surface area contributed by atoms with Crippen molar-refractivity contribution in [1.29, 1.82) is 0 Å². The average molecular weight is 242 g/mol. The Hall–Kier alpha value is -2.01. The summed E-state index contributed by atoms with van der Waals surface area (Å²) in [5, 5.41) is 0. The van der Waals surface area contributed by atoms with Gasteiger partial charge in [-0.15, -0.1) is 0 Å². The van der Waals surface area contributed by atoms with Crippen molar-refractivity contribution in [3.63, 3.8) is 0 Å². The molecule has 5 nitrogen and oxygen atoms in total. The van der Waals surface area contributed by atoms with Crippen molar-refractivity contribution in [2.45, 2.75) is 0 Å². The van der Waals surface area contributed by atoms with Crippen molar-refractivity contribution < 1.29 is 4.74 Å². The molecule has 0 aliphatic carbocycles. The van der Waals surface area contributed by atoms with E-state index in [2.05, 4.69) is 19.9 Å². The van der Waals surface area contributed by atoms with E-state index < -0.39 is 0 Å². The molecule has 1 fully saturated rings. The maximum absolute atomic E-state index is 5.34. The Morgan fingerprint density at radius 1 is 1.00 bits per heavy atom. The lowest BCUT2D eigenvalue weighted by Crippen LogP contribution is -2.36. The van der Waals surface area contributed by atoms with Gasteiger partial charge in [0.05, 0.1) is 13.2 Å². The standard InChI is InChI=1S/C13H14N4O/c1-2-5-14-11(3-1)13-15-6-4-12(16-13)17-7-9-18-10-8-17/h1-6H,7-10H2. The second kappa shape index (κ2) is 5.10. The van der Waals surface area contributed by atoms with Gasteiger partial charge < -0.3 is 9.64 Å². The molecule has 18 heavy (non-hydrogen) atoms. The van der Waals surface area contributed by atoms with E-state index in [1.54, 1.807) is 12.4 Å². The number of aromatic nitrogens is 3. The van der Waals surface area contributed by atoms with Crippen molar-refractivity contribution in [2.75, 3.05) is 31.2 Å². The largest absolute Gasteiger partial charge is 0.378 e. The Labute approximate surface area is 105 Å². The fraction of sp³-hybridized carbons (Fsp3) is 0.308. The van der Waals surface area contributed by atoms with E-state index in [0.717, 1.165) is 37.8 Å². The summed E-state index contributed by atoms with van der Waals surface area (Å²) < 4.78 is 5.34. The van der Waals surface area contributed by atoms with Crippen LogP contribution in [0.4, 0.5) is 5.82 Å². The van der Waals surface area contributed by atoms with Gasteiger partial charge in [0.25, 0.3) is 0 Å². The van der Waals surface area contributed by atoms with E-state index in [9.17, 15) is 0 Å². The summed E-state index contributed by atoms with van der Waals surface area (Å²) in [6, 6.07) is 7.67. The van der Waals surface area contributed by atoms with Crippen molar-refractivity contribution in [1.82, 2.24) is 15.0 Å². The van der Waals surface area contributed by atoms with Crippen LogP contribution in [0.3, 0.4) is 0 Å². The highest BCUT2D eigenvalue weighted by atomic mass is 16.5. The Balaban J connectivity index is 1.89. The number of rotatable bonds is 2. The molecule has 0 aromatic carbocycles. The third-order valence-electron chi connectivity index (χ3n) is 2.87. The highest BCUT2D eigenvalue weighted by Crippen LogP contribution is 2.16. The second-order valence-corrected chi connectivity index (χ2v) is 4.05. The molecule has 0 N–H and O–H groups in total. The van der Waals surface area contributed by atoms with Gasteiger partial charge in [0.15, 0.2) is 5.82 Å². The van der Waals surface area contributed by atoms with Crippen LogP contribution in [0.15, 0.2) is 36.7 Å². The maximum Gasteiger partial charge on any atom is 0.180 e. The monoisotopic (exact) mass is 242 g/mol. The van der Waals surface area contributed by atoms with E-state index in [1.807, 2.05) is 24.3 Å². The first-order valence-electron chi connectivity index (χ1n) is 6.00. The van der Waals surface area contributed by atoms with Gasteiger partial charge in [-0.3, -0.25) is 4.98 Å². The van der Waals surface area contributed by atoms with Gasteiger partial charge in [-0.1, -0.05) is 6.07 Å². The van der Waals surface area contributed by atoms with Crippen LogP contribution >= 0.6 is 0 Å². The maximum atomic E-state index is 5.34. The molecule has 2 aromatic heterocycles. The van der Waals surface area contributed by atoms with Gasteiger partial charge >= 0.3 is 0 Å². The summed E-state index contributed by atoms with van der Waals surface area (Å²) in [5.74, 6) is 1.61. The summed E-state index contributed by atoms with van der Waals surface area (Å²) in [5.41, 5.74) is 0.799. The summed E-state index contributed by atoms with van der Waals surface area (Å²) in [4.78, 5) is 15.3. The summed E-state index contributed by atoms with van der Waals surface area (Å²) in [6.07, 6.45) is 3.53. The summed E-state index contributed by atoms with van der Waals surface area (Å²) in [6.45, 7) is 3.25. The minimum Gasteiger partial charge on any atom is -0.378 e. The third kappa shape index (κ3) is 2.31. The molecule has 0 radical (unpaired) electrons. The van der Waals surface area contributed by atoms with Gasteiger partial charge in [0, 0.05) is 25.5 Å².